The van der Waals surface area contributed by atoms with Gasteiger partial charge in [0.2, 0.25) is 0 Å². The number of nitrogens with one attached hydrogen (secondary N) is 1. The highest BCUT2D eigenvalue weighted by molar-refractivity contribution is 4.97. The molecular weight excluding hydrogens is 328 g/mol. The molecule has 1 spiro atoms. The third-order valence-corrected chi connectivity index (χ3v) is 7.69. The van der Waals surface area contributed by atoms with E-state index in [0.29, 0.717) is 0 Å². The lowest BCUT2D eigenvalue weighted by Gasteiger charge is -2.52. The summed E-state index contributed by atoms with van der Waals surface area (Å²) in [6, 6.07) is 0. The van der Waals surface area contributed by atoms with Crippen LogP contribution >= 0.6 is 0 Å². The molecule has 2 aliphatic rings. The van der Waals surface area contributed by atoms with Crippen LogP contribution in [0, 0.1) is 17.3 Å². The van der Waals surface area contributed by atoms with Gasteiger partial charge in [-0.25, -0.2) is 0 Å². The van der Waals surface area contributed by atoms with E-state index in [1.165, 1.54) is 123 Å². The Balaban J connectivity index is 1.49. The summed E-state index contributed by atoms with van der Waals surface area (Å²) >= 11 is 0. The number of hydrogen-bond acceptors (Lipinski definition) is 2. The van der Waals surface area contributed by atoms with Crippen molar-refractivity contribution in [1.29, 1.82) is 0 Å². The lowest BCUT2D eigenvalue weighted by Crippen LogP contribution is -2.47. The minimum absolute atomic E-state index is 0.759. The third kappa shape index (κ3) is 8.44. The minimum Gasteiger partial charge on any atom is -0.317 e. The molecule has 1 aliphatic heterocycles. The highest BCUT2D eigenvalue weighted by atomic mass is 15.1. The van der Waals surface area contributed by atoms with Gasteiger partial charge in [-0.1, -0.05) is 65.7 Å². The van der Waals surface area contributed by atoms with Crippen LogP contribution in [0.5, 0.6) is 0 Å². The van der Waals surface area contributed by atoms with Gasteiger partial charge in [0.15, 0.2) is 0 Å². The lowest BCUT2D eigenvalue weighted by atomic mass is 9.57. The van der Waals surface area contributed by atoms with Crippen molar-refractivity contribution in [3.05, 3.63) is 0 Å². The molecular formula is C25H50N2. The normalized spacial score (nSPS) is 21.4. The second kappa shape index (κ2) is 13.2. The smallest absolute Gasteiger partial charge is 0.00134 e. The van der Waals surface area contributed by atoms with Crippen LogP contribution in [0.4, 0.5) is 0 Å². The monoisotopic (exact) mass is 378 g/mol. The van der Waals surface area contributed by atoms with Crippen molar-refractivity contribution in [2.75, 3.05) is 32.7 Å². The molecule has 2 rings (SSSR count). The fourth-order valence-corrected chi connectivity index (χ4v) is 5.55. The molecule has 0 aromatic carbocycles. The average Bonchev–Trinajstić information content (AvgIpc) is 2.67. The van der Waals surface area contributed by atoms with Gasteiger partial charge in [0.1, 0.15) is 0 Å². The van der Waals surface area contributed by atoms with E-state index < -0.39 is 0 Å². The molecule has 2 nitrogen and oxygen atoms in total. The summed E-state index contributed by atoms with van der Waals surface area (Å²) in [6.07, 6.45) is 20.1. The fraction of sp³-hybridized carbons (Fsp3) is 1.00. The molecule has 2 heteroatoms. The van der Waals surface area contributed by atoms with Crippen LogP contribution in [0.15, 0.2) is 0 Å². The maximum Gasteiger partial charge on any atom is -0.00134 e. The summed E-state index contributed by atoms with van der Waals surface area (Å²) in [5, 5.41) is 3.68. The molecule has 0 radical (unpaired) electrons. The van der Waals surface area contributed by atoms with Crippen LogP contribution in [0.1, 0.15) is 111 Å². The molecule has 0 amide bonds. The Bertz CT molecular complexity index is 351. The Hall–Kier alpha value is -0.0800. The number of likely N-dealkylation sites (tertiary alicyclic amines) is 1. The van der Waals surface area contributed by atoms with E-state index in [-0.39, 0.29) is 0 Å². The Kier molecular flexibility index (Phi) is 11.3. The summed E-state index contributed by atoms with van der Waals surface area (Å²) in [5.74, 6) is 2.00. The van der Waals surface area contributed by atoms with Crippen molar-refractivity contribution < 1.29 is 0 Å². The van der Waals surface area contributed by atoms with Crippen molar-refractivity contribution in [2.24, 2.45) is 17.3 Å². The highest BCUT2D eigenvalue weighted by Crippen LogP contribution is 2.53. The van der Waals surface area contributed by atoms with Crippen molar-refractivity contribution in [3.8, 4) is 0 Å². The molecule has 27 heavy (non-hydrogen) atoms. The maximum absolute atomic E-state index is 3.68. The molecule has 2 fully saturated rings. The molecule has 1 atom stereocenters. The summed E-state index contributed by atoms with van der Waals surface area (Å²) in [6.45, 7) is 13.6. The Morgan fingerprint density at radius 2 is 1.63 bits per heavy atom. The van der Waals surface area contributed by atoms with E-state index in [2.05, 4.69) is 31.0 Å². The van der Waals surface area contributed by atoms with Crippen molar-refractivity contribution >= 4 is 0 Å². The van der Waals surface area contributed by atoms with Gasteiger partial charge < -0.3 is 10.2 Å². The minimum atomic E-state index is 0.759. The summed E-state index contributed by atoms with van der Waals surface area (Å²) in [5.41, 5.74) is 0.759. The SMILES string of the molecule is CCCCCCNCCC1CC2(CCN(CCC(CC)CCCC)CC2)C1. The second-order valence-corrected chi connectivity index (χ2v) is 9.92. The molecule has 1 heterocycles. The van der Waals surface area contributed by atoms with Gasteiger partial charge in [-0.05, 0) is 94.9 Å². The number of hydrogen-bond donors (Lipinski definition) is 1. The molecule has 1 aliphatic carbocycles. The Morgan fingerprint density at radius 1 is 0.889 bits per heavy atom. The molecule has 1 saturated carbocycles. The first kappa shape index (κ1) is 23.2. The summed E-state index contributed by atoms with van der Waals surface area (Å²) < 4.78 is 0. The molecule has 0 aromatic heterocycles. The first-order valence-corrected chi connectivity index (χ1v) is 12.6. The van der Waals surface area contributed by atoms with Gasteiger partial charge in [0.25, 0.3) is 0 Å². The third-order valence-electron chi connectivity index (χ3n) is 7.69. The van der Waals surface area contributed by atoms with Gasteiger partial charge in [-0.15, -0.1) is 0 Å². The Morgan fingerprint density at radius 3 is 2.30 bits per heavy atom. The van der Waals surface area contributed by atoms with Gasteiger partial charge >= 0.3 is 0 Å². The van der Waals surface area contributed by atoms with E-state index in [4.69, 9.17) is 0 Å². The van der Waals surface area contributed by atoms with E-state index in [0.717, 1.165) is 17.3 Å². The zero-order chi connectivity index (χ0) is 19.4. The molecule has 0 bridgehead atoms. The van der Waals surface area contributed by atoms with Crippen LogP contribution in [0.2, 0.25) is 0 Å². The zero-order valence-electron chi connectivity index (χ0n) is 19.0. The quantitative estimate of drug-likeness (QED) is 0.321. The zero-order valence-corrected chi connectivity index (χ0v) is 19.0. The van der Waals surface area contributed by atoms with E-state index >= 15 is 0 Å². The van der Waals surface area contributed by atoms with E-state index in [1.54, 1.807) is 0 Å². The van der Waals surface area contributed by atoms with Gasteiger partial charge in [-0.3, -0.25) is 0 Å². The fourth-order valence-electron chi connectivity index (χ4n) is 5.55. The van der Waals surface area contributed by atoms with Crippen molar-refractivity contribution in [2.45, 2.75) is 111 Å². The number of unbranched alkanes of at least 4 members (excludes halogenated alkanes) is 4. The lowest BCUT2D eigenvalue weighted by molar-refractivity contribution is -0.0168. The van der Waals surface area contributed by atoms with E-state index in [1.807, 2.05) is 0 Å². The van der Waals surface area contributed by atoms with Crippen LogP contribution in [-0.2, 0) is 0 Å². The predicted molar refractivity (Wildman–Crippen MR) is 120 cm³/mol. The topological polar surface area (TPSA) is 15.3 Å². The standard InChI is InChI=1S/C25H50N2/c1-4-7-9-10-16-26-17-12-24-21-25(22-24)14-19-27(20-15-25)18-13-23(6-3)11-8-5-2/h23-24,26H,4-22H2,1-3H3. The highest BCUT2D eigenvalue weighted by Gasteiger charge is 2.44. The van der Waals surface area contributed by atoms with E-state index in [9.17, 15) is 0 Å². The molecule has 0 aromatic rings. The first-order valence-electron chi connectivity index (χ1n) is 12.6. The average molecular weight is 379 g/mol. The van der Waals surface area contributed by atoms with Crippen molar-refractivity contribution in [3.63, 3.8) is 0 Å². The molecule has 160 valence electrons. The summed E-state index contributed by atoms with van der Waals surface area (Å²) in [4.78, 5) is 2.78. The second-order valence-electron chi connectivity index (χ2n) is 9.92. The first-order chi connectivity index (χ1) is 13.2. The van der Waals surface area contributed by atoms with Crippen LogP contribution in [0.3, 0.4) is 0 Å². The maximum atomic E-state index is 3.68. The van der Waals surface area contributed by atoms with Crippen molar-refractivity contribution in [1.82, 2.24) is 10.2 Å². The molecule has 1 N–H and O–H groups in total. The molecule has 1 saturated heterocycles. The van der Waals surface area contributed by atoms with Gasteiger partial charge in [0.05, 0.1) is 0 Å². The number of piperidine rings is 1. The molecule has 1 unspecified atom stereocenters. The summed E-state index contributed by atoms with van der Waals surface area (Å²) in [7, 11) is 0. The number of rotatable bonds is 15. The van der Waals surface area contributed by atoms with Gasteiger partial charge in [-0.2, -0.15) is 0 Å². The number of nitrogens with zero attached hydrogens (tertiary/aromatic N) is 1. The van der Waals surface area contributed by atoms with Gasteiger partial charge in [0, 0.05) is 0 Å². The largest absolute Gasteiger partial charge is 0.317 e. The predicted octanol–water partition coefficient (Wildman–Crippen LogP) is 6.65. The van der Waals surface area contributed by atoms with Crippen LogP contribution in [-0.4, -0.2) is 37.6 Å². The Labute approximate surface area is 171 Å². The van der Waals surface area contributed by atoms with Crippen LogP contribution in [0.25, 0.3) is 0 Å². The van der Waals surface area contributed by atoms with Crippen LogP contribution < -0.4 is 5.32 Å².